The average molecular weight is 317 g/mol. The quantitative estimate of drug-likeness (QED) is 0.443. The van der Waals surface area contributed by atoms with Gasteiger partial charge in [0.15, 0.2) is 0 Å². The summed E-state index contributed by atoms with van der Waals surface area (Å²) in [5.41, 5.74) is 1.59. The van der Waals surface area contributed by atoms with Crippen molar-refractivity contribution < 1.29 is 9.53 Å². The molecule has 0 aromatic heterocycles. The van der Waals surface area contributed by atoms with Crippen LogP contribution in [0.25, 0.3) is 0 Å². The van der Waals surface area contributed by atoms with Gasteiger partial charge in [0.2, 0.25) is 0 Å². The first-order valence-electron chi connectivity index (χ1n) is 4.46. The van der Waals surface area contributed by atoms with Gasteiger partial charge < -0.3 is 4.74 Å². The minimum absolute atomic E-state index is 0. The first kappa shape index (κ1) is 14.4. The van der Waals surface area contributed by atoms with Crippen molar-refractivity contribution in [3.8, 4) is 0 Å². The monoisotopic (exact) mass is 318 g/mol. The van der Waals surface area contributed by atoms with Gasteiger partial charge in [0, 0.05) is 6.07 Å². The SMILES string of the molecule is COC(=O)c1ccccc1[N+](C)(C)C.[SnH4]. The van der Waals surface area contributed by atoms with Crippen molar-refractivity contribution in [3.63, 3.8) is 0 Å². The van der Waals surface area contributed by atoms with Gasteiger partial charge in [-0.1, -0.05) is 12.1 Å². The normalized spacial score (nSPS) is 10.4. The molecule has 15 heavy (non-hydrogen) atoms. The molecular weight excluding hydrogens is 297 g/mol. The predicted octanol–water partition coefficient (Wildman–Crippen LogP) is 0.218. The fraction of sp³-hybridized carbons (Fsp3) is 0.364. The van der Waals surface area contributed by atoms with Crippen molar-refractivity contribution >= 4 is 35.6 Å². The van der Waals surface area contributed by atoms with Gasteiger partial charge in [-0.25, -0.2) is 4.79 Å². The van der Waals surface area contributed by atoms with Crippen LogP contribution < -0.4 is 4.48 Å². The number of quaternary nitrogens is 1. The number of carbonyl (C=O) groups is 1. The van der Waals surface area contributed by atoms with E-state index in [2.05, 4.69) is 0 Å². The number of benzene rings is 1. The molecule has 0 saturated heterocycles. The minimum atomic E-state index is -0.284. The number of methoxy groups -OCH3 is 1. The van der Waals surface area contributed by atoms with Crippen LogP contribution in [0.4, 0.5) is 5.69 Å². The van der Waals surface area contributed by atoms with E-state index in [-0.39, 0.29) is 29.9 Å². The Balaban J connectivity index is 0.00000196. The van der Waals surface area contributed by atoms with Gasteiger partial charge >= 0.3 is 29.9 Å². The zero-order valence-corrected chi connectivity index (χ0v) is 9.07. The number of ether oxygens (including phenoxy) is 1. The Kier molecular flexibility index (Phi) is 5.31. The van der Waals surface area contributed by atoms with Crippen LogP contribution in [0.5, 0.6) is 0 Å². The topological polar surface area (TPSA) is 26.3 Å². The molecule has 0 aliphatic carbocycles. The van der Waals surface area contributed by atoms with Gasteiger partial charge in [0.1, 0.15) is 11.3 Å². The van der Waals surface area contributed by atoms with Crippen LogP contribution in [0.15, 0.2) is 24.3 Å². The maximum absolute atomic E-state index is 11.4. The van der Waals surface area contributed by atoms with E-state index in [1.165, 1.54) is 7.11 Å². The van der Waals surface area contributed by atoms with E-state index in [0.29, 0.717) is 10.0 Å². The van der Waals surface area contributed by atoms with Crippen molar-refractivity contribution in [2.75, 3.05) is 28.3 Å². The second-order valence-corrected chi connectivity index (χ2v) is 4.02. The second kappa shape index (κ2) is 5.51. The molecule has 0 radical (unpaired) electrons. The van der Waals surface area contributed by atoms with Crippen molar-refractivity contribution in [1.29, 1.82) is 0 Å². The van der Waals surface area contributed by atoms with Gasteiger partial charge in [-0.05, 0) is 6.07 Å². The van der Waals surface area contributed by atoms with Crippen LogP contribution >= 0.6 is 0 Å². The van der Waals surface area contributed by atoms with Crippen molar-refractivity contribution in [2.24, 2.45) is 0 Å². The molecule has 0 saturated carbocycles. The molecule has 4 heteroatoms. The van der Waals surface area contributed by atoms with E-state index in [9.17, 15) is 4.79 Å². The Bertz CT molecular complexity index is 345. The third-order valence-corrected chi connectivity index (χ3v) is 2.03. The summed E-state index contributed by atoms with van der Waals surface area (Å²) in [6, 6.07) is 7.48. The molecule has 1 aromatic rings. The van der Waals surface area contributed by atoms with Crippen LogP contribution in [0.3, 0.4) is 0 Å². The Morgan fingerprint density at radius 1 is 1.20 bits per heavy atom. The molecule has 1 rings (SSSR count). The number of nitrogens with zero attached hydrogens (tertiary/aromatic N) is 1. The standard InChI is InChI=1S/C11H16NO2.Sn.4H/c1-12(2,3)10-8-6-5-7-9(10)11(13)14-4;;;;;/h5-8H,1-4H3;;;;;/q+1;;;;;. The predicted molar refractivity (Wildman–Crippen MR) is 68.7 cm³/mol. The summed E-state index contributed by atoms with van der Waals surface area (Å²) in [5, 5.41) is 0. The van der Waals surface area contributed by atoms with E-state index < -0.39 is 0 Å². The Labute approximate surface area is 108 Å². The molecule has 0 aliphatic rings. The number of para-hydroxylation sites is 1. The van der Waals surface area contributed by atoms with Crippen LogP contribution in [-0.4, -0.2) is 58.1 Å². The van der Waals surface area contributed by atoms with Gasteiger partial charge in [0.25, 0.3) is 0 Å². The molecule has 0 unspecified atom stereocenters. The van der Waals surface area contributed by atoms with Crippen LogP contribution in [0.2, 0.25) is 0 Å². The summed E-state index contributed by atoms with van der Waals surface area (Å²) < 4.78 is 5.33. The summed E-state index contributed by atoms with van der Waals surface area (Å²) >= 11 is 0. The molecule has 0 amide bonds. The van der Waals surface area contributed by atoms with Crippen LogP contribution in [-0.2, 0) is 4.74 Å². The first-order valence-corrected chi connectivity index (χ1v) is 4.46. The Morgan fingerprint density at radius 2 is 1.73 bits per heavy atom. The summed E-state index contributed by atoms with van der Waals surface area (Å²) in [4.78, 5) is 11.4. The van der Waals surface area contributed by atoms with E-state index in [1.807, 2.05) is 39.3 Å². The van der Waals surface area contributed by atoms with Gasteiger partial charge in [-0.3, -0.25) is 4.48 Å². The Hall–Kier alpha value is -0.551. The first-order chi connectivity index (χ1) is 6.46. The molecule has 0 N–H and O–H groups in total. The van der Waals surface area contributed by atoms with Crippen LogP contribution in [0, 0.1) is 0 Å². The molecule has 0 aliphatic heterocycles. The molecule has 84 valence electrons. The fourth-order valence-corrected chi connectivity index (χ4v) is 1.34. The number of hydrogen-bond donors (Lipinski definition) is 0. The molecule has 3 nitrogen and oxygen atoms in total. The van der Waals surface area contributed by atoms with E-state index >= 15 is 0 Å². The molecule has 0 atom stereocenters. The molecule has 0 bridgehead atoms. The van der Waals surface area contributed by atoms with E-state index in [0.717, 1.165) is 5.69 Å². The van der Waals surface area contributed by atoms with Crippen LogP contribution in [0.1, 0.15) is 10.4 Å². The fourth-order valence-electron chi connectivity index (χ4n) is 1.34. The maximum atomic E-state index is 11.4. The third-order valence-electron chi connectivity index (χ3n) is 2.03. The van der Waals surface area contributed by atoms with Crippen molar-refractivity contribution in [2.45, 2.75) is 0 Å². The molecule has 0 spiro atoms. The molecule has 0 heterocycles. The second-order valence-electron chi connectivity index (χ2n) is 4.02. The van der Waals surface area contributed by atoms with Gasteiger partial charge in [0.05, 0.1) is 28.3 Å². The summed E-state index contributed by atoms with van der Waals surface area (Å²) in [6.07, 6.45) is 0. The Morgan fingerprint density at radius 3 is 2.20 bits per heavy atom. The van der Waals surface area contributed by atoms with Gasteiger partial charge in [-0.2, -0.15) is 0 Å². The zero-order chi connectivity index (χ0) is 10.8. The van der Waals surface area contributed by atoms with Gasteiger partial charge in [-0.15, -0.1) is 0 Å². The average Bonchev–Trinajstić information content (AvgIpc) is 2.15. The van der Waals surface area contributed by atoms with Crippen molar-refractivity contribution in [1.82, 2.24) is 4.48 Å². The molecule has 0 fully saturated rings. The number of rotatable bonds is 2. The summed E-state index contributed by atoms with van der Waals surface area (Å²) in [6.45, 7) is 0. The third kappa shape index (κ3) is 3.50. The van der Waals surface area contributed by atoms with Crippen molar-refractivity contribution in [3.05, 3.63) is 29.8 Å². The molecular formula is C11H20NO2Sn+. The number of esters is 1. The van der Waals surface area contributed by atoms with E-state index in [4.69, 9.17) is 4.74 Å². The molecule has 1 aromatic carbocycles. The summed E-state index contributed by atoms with van der Waals surface area (Å²) in [5.74, 6) is -0.284. The number of carbonyl (C=O) groups excluding carboxylic acids is 1. The van der Waals surface area contributed by atoms with E-state index in [1.54, 1.807) is 6.07 Å². The number of hydrogen-bond acceptors (Lipinski definition) is 2. The summed E-state index contributed by atoms with van der Waals surface area (Å²) in [7, 11) is 7.44. The zero-order valence-electron chi connectivity index (χ0n) is 9.07.